The summed E-state index contributed by atoms with van der Waals surface area (Å²) in [6.07, 6.45) is 4.74. The van der Waals surface area contributed by atoms with E-state index in [1.165, 1.54) is 0 Å². The number of piperazine rings is 1. The Morgan fingerprint density at radius 1 is 1.24 bits per heavy atom. The molecule has 2 heterocycles. The van der Waals surface area contributed by atoms with Crippen LogP contribution in [0.4, 0.5) is 0 Å². The van der Waals surface area contributed by atoms with E-state index in [1.54, 1.807) is 0 Å². The number of hydrogen-bond acceptors (Lipinski definition) is 6. The van der Waals surface area contributed by atoms with Gasteiger partial charge in [-0.1, -0.05) is 18.5 Å². The van der Waals surface area contributed by atoms with Crippen LogP contribution in [0.1, 0.15) is 44.3 Å². The van der Waals surface area contributed by atoms with Crippen LogP contribution >= 0.6 is 24.8 Å². The van der Waals surface area contributed by atoms with E-state index in [-0.39, 0.29) is 36.8 Å². The Balaban J connectivity index is 0.00000156. The molecule has 0 radical (unpaired) electrons. The highest BCUT2D eigenvalue weighted by Crippen LogP contribution is 2.25. The van der Waals surface area contributed by atoms with Crippen molar-refractivity contribution < 1.29 is 9.32 Å². The first-order valence-electron chi connectivity index (χ1n) is 8.74. The van der Waals surface area contributed by atoms with Crippen LogP contribution in [0.25, 0.3) is 0 Å². The van der Waals surface area contributed by atoms with Crippen LogP contribution < -0.4 is 5.73 Å². The SMILES string of the molecule is CCc1nc(CN2CCN(C(=O)C3CCCC(N)C3)CC2)no1.Cl.Cl. The van der Waals surface area contributed by atoms with Crippen molar-refractivity contribution in [1.29, 1.82) is 0 Å². The highest BCUT2D eigenvalue weighted by molar-refractivity contribution is 5.85. The van der Waals surface area contributed by atoms with Crippen molar-refractivity contribution in [2.75, 3.05) is 26.2 Å². The molecular formula is C16H29Cl2N5O2. The number of nitrogens with two attached hydrogens (primary N) is 1. The van der Waals surface area contributed by atoms with Gasteiger partial charge in [0, 0.05) is 44.6 Å². The second kappa shape index (κ2) is 10.3. The summed E-state index contributed by atoms with van der Waals surface area (Å²) in [4.78, 5) is 21.2. The van der Waals surface area contributed by atoms with Gasteiger partial charge in [-0.2, -0.15) is 4.98 Å². The van der Waals surface area contributed by atoms with Gasteiger partial charge in [0.25, 0.3) is 0 Å². The molecule has 1 saturated heterocycles. The van der Waals surface area contributed by atoms with E-state index in [4.69, 9.17) is 10.3 Å². The molecular weight excluding hydrogens is 365 g/mol. The number of aromatic nitrogens is 2. The Bertz CT molecular complexity index is 534. The minimum absolute atomic E-state index is 0. The number of carbonyl (C=O) groups is 1. The van der Waals surface area contributed by atoms with Gasteiger partial charge in [-0.3, -0.25) is 9.69 Å². The minimum Gasteiger partial charge on any atom is -0.340 e. The second-order valence-corrected chi connectivity index (χ2v) is 6.68. The summed E-state index contributed by atoms with van der Waals surface area (Å²) < 4.78 is 5.14. The molecule has 2 fully saturated rings. The molecule has 1 aliphatic heterocycles. The molecule has 1 amide bonds. The fourth-order valence-corrected chi connectivity index (χ4v) is 3.53. The van der Waals surface area contributed by atoms with Gasteiger partial charge in [-0.05, 0) is 19.3 Å². The minimum atomic E-state index is 0. The van der Waals surface area contributed by atoms with E-state index in [2.05, 4.69) is 15.0 Å². The number of hydrogen-bond donors (Lipinski definition) is 1. The van der Waals surface area contributed by atoms with Gasteiger partial charge in [0.15, 0.2) is 5.82 Å². The van der Waals surface area contributed by atoms with E-state index >= 15 is 0 Å². The predicted molar refractivity (Wildman–Crippen MR) is 100.0 cm³/mol. The molecule has 0 spiro atoms. The average Bonchev–Trinajstić information content (AvgIpc) is 3.02. The smallest absolute Gasteiger partial charge is 0.226 e. The lowest BCUT2D eigenvalue weighted by Crippen LogP contribution is -2.51. The van der Waals surface area contributed by atoms with Gasteiger partial charge >= 0.3 is 0 Å². The quantitative estimate of drug-likeness (QED) is 0.835. The summed E-state index contributed by atoms with van der Waals surface area (Å²) in [5, 5.41) is 3.99. The lowest BCUT2D eigenvalue weighted by molar-refractivity contribution is -0.138. The molecule has 2 aliphatic rings. The fourth-order valence-electron chi connectivity index (χ4n) is 3.53. The molecule has 1 saturated carbocycles. The number of nitrogens with zero attached hydrogens (tertiary/aromatic N) is 4. The highest BCUT2D eigenvalue weighted by atomic mass is 35.5. The first-order valence-corrected chi connectivity index (χ1v) is 8.74. The summed E-state index contributed by atoms with van der Waals surface area (Å²) in [5.74, 6) is 1.85. The maximum atomic E-state index is 12.6. The molecule has 9 heteroatoms. The predicted octanol–water partition coefficient (Wildman–Crippen LogP) is 1.64. The summed E-state index contributed by atoms with van der Waals surface area (Å²) in [7, 11) is 0. The van der Waals surface area contributed by atoms with Gasteiger partial charge in [-0.25, -0.2) is 0 Å². The largest absolute Gasteiger partial charge is 0.340 e. The van der Waals surface area contributed by atoms with Crippen LogP contribution in [-0.2, 0) is 17.8 Å². The fraction of sp³-hybridized carbons (Fsp3) is 0.812. The summed E-state index contributed by atoms with van der Waals surface area (Å²) in [6.45, 7) is 5.98. The third-order valence-corrected chi connectivity index (χ3v) is 4.93. The molecule has 7 nitrogen and oxygen atoms in total. The zero-order valence-electron chi connectivity index (χ0n) is 14.7. The third kappa shape index (κ3) is 5.81. The van der Waals surface area contributed by atoms with Crippen LogP contribution in [0.15, 0.2) is 4.52 Å². The number of aryl methyl sites for hydroxylation is 1. The third-order valence-electron chi connectivity index (χ3n) is 4.93. The standard InChI is InChI=1S/C16H27N5O2.2ClH/c1-2-15-18-14(19-23-15)11-20-6-8-21(9-7-20)16(22)12-4-3-5-13(17)10-12;;/h12-13H,2-11,17H2,1H3;2*1H. The zero-order valence-corrected chi connectivity index (χ0v) is 16.4. The topological polar surface area (TPSA) is 88.5 Å². The molecule has 3 rings (SSSR count). The van der Waals surface area contributed by atoms with Crippen molar-refractivity contribution in [2.45, 2.75) is 51.6 Å². The monoisotopic (exact) mass is 393 g/mol. The second-order valence-electron chi connectivity index (χ2n) is 6.68. The molecule has 0 bridgehead atoms. The van der Waals surface area contributed by atoms with Crippen LogP contribution in [0.3, 0.4) is 0 Å². The number of halogens is 2. The van der Waals surface area contributed by atoms with Gasteiger partial charge in [0.05, 0.1) is 6.54 Å². The van der Waals surface area contributed by atoms with E-state index in [9.17, 15) is 4.79 Å². The highest BCUT2D eigenvalue weighted by Gasteiger charge is 2.30. The van der Waals surface area contributed by atoms with Crippen LogP contribution in [0, 0.1) is 5.92 Å². The van der Waals surface area contributed by atoms with Gasteiger partial charge in [0.2, 0.25) is 11.8 Å². The Morgan fingerprint density at radius 2 is 1.96 bits per heavy atom. The summed E-state index contributed by atoms with van der Waals surface area (Å²) in [5.41, 5.74) is 6.01. The lowest BCUT2D eigenvalue weighted by Gasteiger charge is -2.37. The molecule has 0 aromatic carbocycles. The van der Waals surface area contributed by atoms with Crippen molar-refractivity contribution in [3.8, 4) is 0 Å². The summed E-state index contributed by atoms with van der Waals surface area (Å²) >= 11 is 0. The van der Waals surface area contributed by atoms with E-state index in [0.717, 1.165) is 64.1 Å². The maximum Gasteiger partial charge on any atom is 0.226 e. The number of carbonyl (C=O) groups excluding carboxylic acids is 1. The lowest BCUT2D eigenvalue weighted by atomic mass is 9.85. The first kappa shape index (κ1) is 22.2. The molecule has 1 aliphatic carbocycles. The number of amides is 1. The van der Waals surface area contributed by atoms with Crippen molar-refractivity contribution in [2.24, 2.45) is 11.7 Å². The zero-order chi connectivity index (χ0) is 16.2. The van der Waals surface area contributed by atoms with Crippen LogP contribution in [0.5, 0.6) is 0 Å². The molecule has 1 aromatic heterocycles. The van der Waals surface area contributed by atoms with E-state index in [1.807, 2.05) is 11.8 Å². The van der Waals surface area contributed by atoms with Crippen LogP contribution in [-0.4, -0.2) is 58.1 Å². The van der Waals surface area contributed by atoms with E-state index in [0.29, 0.717) is 18.3 Å². The Labute approximate surface area is 161 Å². The molecule has 1 aromatic rings. The van der Waals surface area contributed by atoms with E-state index < -0.39 is 0 Å². The number of rotatable bonds is 4. The van der Waals surface area contributed by atoms with Gasteiger partial charge in [-0.15, -0.1) is 24.8 Å². The molecule has 2 N–H and O–H groups in total. The normalized spacial score (nSPS) is 24.3. The molecule has 144 valence electrons. The Morgan fingerprint density at radius 3 is 2.56 bits per heavy atom. The molecule has 2 atom stereocenters. The van der Waals surface area contributed by atoms with Gasteiger partial charge in [0.1, 0.15) is 0 Å². The molecule has 2 unspecified atom stereocenters. The average molecular weight is 394 g/mol. The Hall–Kier alpha value is -0.890. The first-order chi connectivity index (χ1) is 11.2. The summed E-state index contributed by atoms with van der Waals surface area (Å²) in [6, 6.07) is 0.199. The van der Waals surface area contributed by atoms with Crippen molar-refractivity contribution >= 4 is 30.7 Å². The molecule has 25 heavy (non-hydrogen) atoms. The van der Waals surface area contributed by atoms with Crippen LogP contribution in [0.2, 0.25) is 0 Å². The van der Waals surface area contributed by atoms with Crippen molar-refractivity contribution in [3.63, 3.8) is 0 Å². The van der Waals surface area contributed by atoms with Gasteiger partial charge < -0.3 is 15.2 Å². The maximum absolute atomic E-state index is 12.6. The Kier molecular flexibility index (Phi) is 9.13. The van der Waals surface area contributed by atoms with Crippen molar-refractivity contribution in [3.05, 3.63) is 11.7 Å². The van der Waals surface area contributed by atoms with Crippen molar-refractivity contribution in [1.82, 2.24) is 19.9 Å².